The Morgan fingerprint density at radius 1 is 1.26 bits per heavy atom. The lowest BCUT2D eigenvalue weighted by Crippen LogP contribution is -2.00. The van der Waals surface area contributed by atoms with Crippen LogP contribution in [0.5, 0.6) is 0 Å². The number of rotatable bonds is 3. The molecule has 0 aliphatic carbocycles. The molecule has 0 radical (unpaired) electrons. The van der Waals surface area contributed by atoms with E-state index in [1.165, 1.54) is 0 Å². The summed E-state index contributed by atoms with van der Waals surface area (Å²) in [5.74, 6) is -0.189. The maximum absolute atomic E-state index is 10.7. The first-order valence-electron chi connectivity index (χ1n) is 5.82. The number of hydrogen-bond donors (Lipinski definition) is 1. The van der Waals surface area contributed by atoms with Crippen molar-refractivity contribution in [1.82, 2.24) is 14.4 Å². The topological polar surface area (TPSA) is 67.5 Å². The molecule has 0 aliphatic rings. The quantitative estimate of drug-likeness (QED) is 0.775. The van der Waals surface area contributed by atoms with Gasteiger partial charge in [0.1, 0.15) is 0 Å². The van der Waals surface area contributed by atoms with Gasteiger partial charge in [-0.15, -0.1) is 0 Å². The molecule has 3 aromatic rings. The number of carbonyl (C=O) groups is 1. The lowest BCUT2D eigenvalue weighted by molar-refractivity contribution is -0.136. The highest BCUT2D eigenvalue weighted by Crippen LogP contribution is 2.20. The van der Waals surface area contributed by atoms with Gasteiger partial charge in [0.25, 0.3) is 0 Å². The van der Waals surface area contributed by atoms with E-state index in [1.54, 1.807) is 18.5 Å². The van der Waals surface area contributed by atoms with Crippen molar-refractivity contribution in [2.45, 2.75) is 6.42 Å². The van der Waals surface area contributed by atoms with Crippen LogP contribution in [0.25, 0.3) is 16.9 Å². The van der Waals surface area contributed by atoms with E-state index in [0.29, 0.717) is 5.78 Å². The van der Waals surface area contributed by atoms with Crippen molar-refractivity contribution in [1.29, 1.82) is 0 Å². The molecule has 3 rings (SSSR count). The Kier molecular flexibility index (Phi) is 2.72. The lowest BCUT2D eigenvalue weighted by Gasteiger charge is -2.04. The zero-order chi connectivity index (χ0) is 13.2. The molecule has 1 aromatic carbocycles. The van der Waals surface area contributed by atoms with Gasteiger partial charge in [0.15, 0.2) is 0 Å². The van der Waals surface area contributed by atoms with Gasteiger partial charge in [-0.25, -0.2) is 9.97 Å². The normalized spacial score (nSPS) is 10.7. The first-order chi connectivity index (χ1) is 9.22. The number of carboxylic acid groups (broad SMARTS) is 1. The van der Waals surface area contributed by atoms with Crippen molar-refractivity contribution in [2.75, 3.05) is 0 Å². The van der Waals surface area contributed by atoms with Crippen LogP contribution in [0.3, 0.4) is 0 Å². The Balaban J connectivity index is 2.02. The van der Waals surface area contributed by atoms with Crippen molar-refractivity contribution >= 4 is 11.7 Å². The fourth-order valence-corrected chi connectivity index (χ4v) is 2.00. The van der Waals surface area contributed by atoms with Crippen molar-refractivity contribution in [3.8, 4) is 11.1 Å². The van der Waals surface area contributed by atoms with E-state index in [1.807, 2.05) is 35.0 Å². The molecule has 0 amide bonds. The third-order valence-corrected chi connectivity index (χ3v) is 2.86. The van der Waals surface area contributed by atoms with Crippen molar-refractivity contribution < 1.29 is 9.90 Å². The SMILES string of the molecule is O=C(O)Cc1cccc(-c2cnc3nccn3c2)c1. The van der Waals surface area contributed by atoms with Gasteiger partial charge >= 0.3 is 5.97 Å². The third-order valence-electron chi connectivity index (χ3n) is 2.86. The lowest BCUT2D eigenvalue weighted by atomic mass is 10.0. The molecular weight excluding hydrogens is 242 g/mol. The second kappa shape index (κ2) is 4.53. The molecular formula is C14H11N3O2. The van der Waals surface area contributed by atoms with Crippen molar-refractivity contribution in [2.24, 2.45) is 0 Å². The number of carboxylic acids is 1. The van der Waals surface area contributed by atoms with Gasteiger partial charge in [-0.3, -0.25) is 9.20 Å². The minimum absolute atomic E-state index is 0.0224. The molecule has 0 saturated carbocycles. The predicted octanol–water partition coefficient (Wildman–Crippen LogP) is 2.02. The van der Waals surface area contributed by atoms with Crippen LogP contribution in [0, 0.1) is 0 Å². The molecule has 0 fully saturated rings. The summed E-state index contributed by atoms with van der Waals surface area (Å²) in [6.07, 6.45) is 7.20. The minimum Gasteiger partial charge on any atom is -0.481 e. The van der Waals surface area contributed by atoms with E-state index < -0.39 is 5.97 Å². The van der Waals surface area contributed by atoms with Gasteiger partial charge in [-0.2, -0.15) is 0 Å². The molecule has 0 bridgehead atoms. The second-order valence-electron chi connectivity index (χ2n) is 4.25. The number of aliphatic carboxylic acids is 1. The maximum atomic E-state index is 10.7. The molecule has 0 unspecified atom stereocenters. The standard InChI is InChI=1S/C14H11N3O2/c18-13(19)7-10-2-1-3-11(6-10)12-8-16-14-15-4-5-17(14)9-12/h1-6,8-9H,7H2,(H,18,19). The van der Waals surface area contributed by atoms with E-state index >= 15 is 0 Å². The highest BCUT2D eigenvalue weighted by atomic mass is 16.4. The monoisotopic (exact) mass is 253 g/mol. The summed E-state index contributed by atoms with van der Waals surface area (Å²) in [7, 11) is 0. The third kappa shape index (κ3) is 2.30. The zero-order valence-electron chi connectivity index (χ0n) is 10.0. The average molecular weight is 253 g/mol. The molecule has 5 heteroatoms. The molecule has 2 heterocycles. The average Bonchev–Trinajstić information content (AvgIpc) is 2.85. The van der Waals surface area contributed by atoms with Gasteiger partial charge in [0, 0.05) is 30.4 Å². The predicted molar refractivity (Wildman–Crippen MR) is 69.8 cm³/mol. The summed E-state index contributed by atoms with van der Waals surface area (Å²) >= 11 is 0. The number of fused-ring (bicyclic) bond motifs is 1. The van der Waals surface area contributed by atoms with Gasteiger partial charge in [-0.1, -0.05) is 24.3 Å². The van der Waals surface area contributed by atoms with Gasteiger partial charge in [0.05, 0.1) is 6.42 Å². The van der Waals surface area contributed by atoms with Crippen molar-refractivity contribution in [3.05, 3.63) is 54.6 Å². The summed E-state index contributed by atoms with van der Waals surface area (Å²) in [5, 5.41) is 8.82. The maximum Gasteiger partial charge on any atom is 0.307 e. The number of imidazole rings is 1. The molecule has 19 heavy (non-hydrogen) atoms. The number of aromatic nitrogens is 3. The van der Waals surface area contributed by atoms with E-state index in [4.69, 9.17) is 5.11 Å². The van der Waals surface area contributed by atoms with Crippen LogP contribution in [-0.4, -0.2) is 25.4 Å². The smallest absolute Gasteiger partial charge is 0.307 e. The highest BCUT2D eigenvalue weighted by Gasteiger charge is 2.04. The van der Waals surface area contributed by atoms with Gasteiger partial charge in [0.2, 0.25) is 5.78 Å². The van der Waals surface area contributed by atoms with E-state index in [-0.39, 0.29) is 6.42 Å². The number of benzene rings is 1. The van der Waals surface area contributed by atoms with Crippen LogP contribution < -0.4 is 0 Å². The summed E-state index contributed by atoms with van der Waals surface area (Å²) in [5.41, 5.74) is 2.65. The highest BCUT2D eigenvalue weighted by molar-refractivity contribution is 5.72. The Bertz CT molecular complexity index is 749. The summed E-state index contributed by atoms with van der Waals surface area (Å²) < 4.78 is 1.83. The number of nitrogens with zero attached hydrogens (tertiary/aromatic N) is 3. The summed E-state index contributed by atoms with van der Waals surface area (Å²) in [6.45, 7) is 0. The molecule has 1 N–H and O–H groups in total. The largest absolute Gasteiger partial charge is 0.481 e. The minimum atomic E-state index is -0.833. The number of hydrogen-bond acceptors (Lipinski definition) is 3. The molecule has 5 nitrogen and oxygen atoms in total. The molecule has 2 aromatic heterocycles. The summed E-state index contributed by atoms with van der Waals surface area (Å²) in [4.78, 5) is 19.1. The molecule has 0 spiro atoms. The summed E-state index contributed by atoms with van der Waals surface area (Å²) in [6, 6.07) is 7.46. The Hall–Kier alpha value is -2.69. The van der Waals surface area contributed by atoms with E-state index in [0.717, 1.165) is 16.7 Å². The molecule has 0 saturated heterocycles. The van der Waals surface area contributed by atoms with Crippen LogP contribution in [0.15, 0.2) is 49.1 Å². The zero-order valence-corrected chi connectivity index (χ0v) is 10.0. The second-order valence-corrected chi connectivity index (χ2v) is 4.25. The first kappa shape index (κ1) is 11.4. The van der Waals surface area contributed by atoms with Crippen LogP contribution >= 0.6 is 0 Å². The van der Waals surface area contributed by atoms with Crippen LogP contribution in [0.2, 0.25) is 0 Å². The van der Waals surface area contributed by atoms with Crippen LogP contribution in [0.4, 0.5) is 0 Å². The Morgan fingerprint density at radius 2 is 2.16 bits per heavy atom. The molecule has 94 valence electrons. The fraction of sp³-hybridized carbons (Fsp3) is 0.0714. The molecule has 0 aliphatic heterocycles. The Morgan fingerprint density at radius 3 is 3.00 bits per heavy atom. The molecule has 0 atom stereocenters. The fourth-order valence-electron chi connectivity index (χ4n) is 2.00. The first-order valence-corrected chi connectivity index (χ1v) is 5.82. The van der Waals surface area contributed by atoms with E-state index in [2.05, 4.69) is 9.97 Å². The van der Waals surface area contributed by atoms with Gasteiger partial charge in [-0.05, 0) is 11.1 Å². The van der Waals surface area contributed by atoms with Crippen molar-refractivity contribution in [3.63, 3.8) is 0 Å². The van der Waals surface area contributed by atoms with Crippen LogP contribution in [0.1, 0.15) is 5.56 Å². The van der Waals surface area contributed by atoms with Crippen LogP contribution in [-0.2, 0) is 11.2 Å². The Labute approximate surface area is 109 Å². The van der Waals surface area contributed by atoms with E-state index in [9.17, 15) is 4.79 Å². The van der Waals surface area contributed by atoms with Gasteiger partial charge < -0.3 is 5.11 Å².